The minimum atomic E-state index is -4.67. The maximum atomic E-state index is 14.5. The first-order valence-corrected chi connectivity index (χ1v) is 11.6. The van der Waals surface area contributed by atoms with Crippen LogP contribution >= 0.6 is 11.8 Å². The molecule has 13 heteroatoms. The molecule has 1 aliphatic rings. The van der Waals surface area contributed by atoms with Crippen molar-refractivity contribution in [3.8, 4) is 17.4 Å². The molecule has 190 valence electrons. The molecule has 0 amide bonds. The molecule has 0 aromatic carbocycles. The molecule has 1 fully saturated rings. The Labute approximate surface area is 202 Å². The molecule has 4 heterocycles. The lowest BCUT2D eigenvalue weighted by molar-refractivity contribution is -0.153. The van der Waals surface area contributed by atoms with Crippen molar-refractivity contribution in [2.45, 2.75) is 31.5 Å². The summed E-state index contributed by atoms with van der Waals surface area (Å²) in [6.07, 6.45) is 0.340. The maximum absolute atomic E-state index is 14.5. The summed E-state index contributed by atoms with van der Waals surface area (Å²) in [6.45, 7) is 0.605. The van der Waals surface area contributed by atoms with Crippen LogP contribution in [0.4, 0.5) is 22.0 Å². The molecule has 0 bridgehead atoms. The highest BCUT2D eigenvalue weighted by molar-refractivity contribution is 7.99. The summed E-state index contributed by atoms with van der Waals surface area (Å²) in [5.41, 5.74) is 0.310. The Morgan fingerprint density at radius 2 is 1.94 bits per heavy atom. The van der Waals surface area contributed by atoms with Crippen molar-refractivity contribution < 1.29 is 36.2 Å². The van der Waals surface area contributed by atoms with Crippen molar-refractivity contribution in [1.29, 1.82) is 0 Å². The van der Waals surface area contributed by atoms with E-state index in [1.54, 1.807) is 0 Å². The topological polar surface area (TPSA) is 77.8 Å². The third kappa shape index (κ3) is 7.28. The SMILES string of the molecule is CNC1(C)CCSCC1.O=Cc1cc2c(F)c(Oc3ncc(F)cc3OCC(F)(F)F)ccn2n1. The van der Waals surface area contributed by atoms with Crippen LogP contribution in [0.3, 0.4) is 0 Å². The second kappa shape index (κ2) is 11.2. The zero-order valence-electron chi connectivity index (χ0n) is 18.9. The molecule has 0 unspecified atom stereocenters. The minimum Gasteiger partial charge on any atom is -0.478 e. The predicted molar refractivity (Wildman–Crippen MR) is 120 cm³/mol. The lowest BCUT2D eigenvalue weighted by Gasteiger charge is -2.32. The highest BCUT2D eigenvalue weighted by atomic mass is 32.2. The van der Waals surface area contributed by atoms with Gasteiger partial charge in [0, 0.05) is 23.9 Å². The number of aromatic nitrogens is 3. The van der Waals surface area contributed by atoms with Gasteiger partial charge in [-0.1, -0.05) is 0 Å². The third-order valence-corrected chi connectivity index (χ3v) is 6.25. The first kappa shape index (κ1) is 26.7. The fraction of sp³-hybridized carbons (Fsp3) is 0.409. The number of pyridine rings is 2. The van der Waals surface area contributed by atoms with Crippen LogP contribution in [0.25, 0.3) is 5.52 Å². The number of ether oxygens (including phenoxy) is 2. The van der Waals surface area contributed by atoms with Crippen molar-refractivity contribution in [2.24, 2.45) is 0 Å². The van der Waals surface area contributed by atoms with Crippen molar-refractivity contribution in [1.82, 2.24) is 19.9 Å². The molecule has 4 rings (SSSR count). The fourth-order valence-corrected chi connectivity index (χ4v) is 4.48. The van der Waals surface area contributed by atoms with Crippen LogP contribution in [-0.4, -0.2) is 57.8 Å². The molecule has 3 aromatic heterocycles. The largest absolute Gasteiger partial charge is 0.478 e. The molecule has 0 atom stereocenters. The van der Waals surface area contributed by atoms with Gasteiger partial charge in [-0.15, -0.1) is 0 Å². The van der Waals surface area contributed by atoms with Gasteiger partial charge < -0.3 is 14.8 Å². The Morgan fingerprint density at radius 1 is 1.23 bits per heavy atom. The summed E-state index contributed by atoms with van der Waals surface area (Å²) >= 11 is 2.07. The van der Waals surface area contributed by atoms with E-state index in [0.29, 0.717) is 24.1 Å². The van der Waals surface area contributed by atoms with Gasteiger partial charge in [0.05, 0.1) is 6.20 Å². The Kier molecular flexibility index (Phi) is 8.54. The molecule has 3 aromatic rings. The zero-order valence-corrected chi connectivity index (χ0v) is 19.7. The first-order valence-electron chi connectivity index (χ1n) is 10.5. The lowest BCUT2D eigenvalue weighted by Crippen LogP contribution is -2.42. The number of nitrogens with zero attached hydrogens (tertiary/aromatic N) is 3. The number of nitrogens with one attached hydrogen (secondary N) is 1. The molecular weight excluding hydrogens is 495 g/mol. The lowest BCUT2D eigenvalue weighted by atomic mass is 9.95. The molecule has 0 radical (unpaired) electrons. The van der Waals surface area contributed by atoms with Crippen molar-refractivity contribution >= 4 is 23.6 Å². The van der Waals surface area contributed by atoms with Gasteiger partial charge in [0.15, 0.2) is 30.2 Å². The second-order valence-corrected chi connectivity index (χ2v) is 9.12. The van der Waals surface area contributed by atoms with E-state index >= 15 is 0 Å². The minimum absolute atomic E-state index is 0.0323. The van der Waals surface area contributed by atoms with Gasteiger partial charge in [-0.2, -0.15) is 30.0 Å². The van der Waals surface area contributed by atoms with Crippen LogP contribution in [-0.2, 0) is 0 Å². The van der Waals surface area contributed by atoms with Crippen LogP contribution < -0.4 is 14.8 Å². The quantitative estimate of drug-likeness (QED) is 0.362. The summed E-state index contributed by atoms with van der Waals surface area (Å²) < 4.78 is 75.3. The van der Waals surface area contributed by atoms with E-state index in [0.717, 1.165) is 16.6 Å². The van der Waals surface area contributed by atoms with Crippen molar-refractivity contribution in [3.05, 3.63) is 47.9 Å². The van der Waals surface area contributed by atoms with E-state index in [9.17, 15) is 26.7 Å². The highest BCUT2D eigenvalue weighted by Gasteiger charge is 2.29. The Balaban J connectivity index is 0.000000320. The van der Waals surface area contributed by atoms with Crippen LogP contribution in [0.2, 0.25) is 0 Å². The number of alkyl halides is 3. The second-order valence-electron chi connectivity index (χ2n) is 7.90. The molecular formula is C22H23F5N4O3S. The molecule has 1 N–H and O–H groups in total. The van der Waals surface area contributed by atoms with Crippen LogP contribution in [0, 0.1) is 11.6 Å². The first-order chi connectivity index (χ1) is 16.5. The van der Waals surface area contributed by atoms with Crippen LogP contribution in [0.5, 0.6) is 17.4 Å². The van der Waals surface area contributed by atoms with Crippen LogP contribution in [0.15, 0.2) is 30.6 Å². The molecule has 0 saturated carbocycles. The summed E-state index contributed by atoms with van der Waals surface area (Å²) in [7, 11) is 2.07. The number of hydrogen-bond donors (Lipinski definition) is 1. The van der Waals surface area contributed by atoms with Gasteiger partial charge in [-0.05, 0) is 44.4 Å². The predicted octanol–water partition coefficient (Wildman–Crippen LogP) is 5.04. The van der Waals surface area contributed by atoms with Gasteiger partial charge in [-0.3, -0.25) is 4.79 Å². The maximum Gasteiger partial charge on any atom is 0.422 e. The summed E-state index contributed by atoms with van der Waals surface area (Å²) in [4.78, 5) is 14.2. The van der Waals surface area contributed by atoms with E-state index in [1.807, 2.05) is 0 Å². The van der Waals surface area contributed by atoms with E-state index in [1.165, 1.54) is 30.5 Å². The third-order valence-electron chi connectivity index (χ3n) is 5.27. The molecule has 0 spiro atoms. The molecule has 7 nitrogen and oxygen atoms in total. The van der Waals surface area contributed by atoms with Crippen molar-refractivity contribution in [2.75, 3.05) is 25.2 Å². The van der Waals surface area contributed by atoms with E-state index in [-0.39, 0.29) is 11.2 Å². The van der Waals surface area contributed by atoms with Gasteiger partial charge in [0.25, 0.3) is 5.88 Å². The number of hydrogen-bond acceptors (Lipinski definition) is 7. The van der Waals surface area contributed by atoms with E-state index in [4.69, 9.17) is 4.74 Å². The Bertz CT molecular complexity index is 1170. The standard InChI is InChI=1S/C15H8F5N3O3.C7H15NS/c16-8-3-12(25-7-15(18,19)20)14(21-5-8)26-11-1-2-23-10(13(11)17)4-9(6-24)22-23;1-7(8-2)3-5-9-6-4-7/h1-6H,7H2;8H,3-6H2,1-2H3. The van der Waals surface area contributed by atoms with Gasteiger partial charge in [-0.25, -0.2) is 18.3 Å². The highest BCUT2D eigenvalue weighted by Crippen LogP contribution is 2.33. The number of thioether (sulfide) groups is 1. The van der Waals surface area contributed by atoms with Gasteiger partial charge in [0.2, 0.25) is 0 Å². The molecule has 1 aliphatic heterocycles. The van der Waals surface area contributed by atoms with E-state index in [2.05, 4.69) is 45.9 Å². The summed E-state index contributed by atoms with van der Waals surface area (Å²) in [6, 6.07) is 2.89. The van der Waals surface area contributed by atoms with Gasteiger partial charge in [0.1, 0.15) is 17.0 Å². The Morgan fingerprint density at radius 3 is 2.54 bits per heavy atom. The van der Waals surface area contributed by atoms with Gasteiger partial charge >= 0.3 is 6.18 Å². The van der Waals surface area contributed by atoms with Crippen LogP contribution in [0.1, 0.15) is 30.3 Å². The average Bonchev–Trinajstić information content (AvgIpc) is 3.26. The number of carbonyl (C=O) groups is 1. The number of aldehydes is 1. The zero-order chi connectivity index (χ0) is 25.6. The normalized spacial score (nSPS) is 15.3. The van der Waals surface area contributed by atoms with Crippen molar-refractivity contribution in [3.63, 3.8) is 0 Å². The number of rotatable bonds is 6. The molecule has 35 heavy (non-hydrogen) atoms. The number of carbonyl (C=O) groups excluding carboxylic acids is 1. The molecule has 1 saturated heterocycles. The van der Waals surface area contributed by atoms with E-state index < -0.39 is 41.8 Å². The molecule has 0 aliphatic carbocycles. The summed E-state index contributed by atoms with van der Waals surface area (Å²) in [5.74, 6) is -0.879. The fourth-order valence-electron chi connectivity index (χ4n) is 3.09. The smallest absolute Gasteiger partial charge is 0.422 e. The number of fused-ring (bicyclic) bond motifs is 1. The number of halogens is 5. The average molecular weight is 519 g/mol. The Hall–Kier alpha value is -2.93. The summed E-state index contributed by atoms with van der Waals surface area (Å²) in [5, 5.41) is 7.13. The monoisotopic (exact) mass is 518 g/mol.